The van der Waals surface area contributed by atoms with Crippen molar-refractivity contribution in [3.8, 4) is 17.1 Å². The maximum atomic E-state index is 12.3. The number of benzene rings is 2. The number of carbonyl (C=O) groups excluding carboxylic acids is 1. The molecule has 4 aromatic rings. The van der Waals surface area contributed by atoms with Gasteiger partial charge in [-0.1, -0.05) is 24.3 Å². The van der Waals surface area contributed by atoms with E-state index >= 15 is 0 Å². The van der Waals surface area contributed by atoms with Gasteiger partial charge in [0.1, 0.15) is 11.6 Å². The van der Waals surface area contributed by atoms with E-state index in [1.807, 2.05) is 65.6 Å². The van der Waals surface area contributed by atoms with E-state index in [-0.39, 0.29) is 6.54 Å². The molecular weight excluding hydrogens is 380 g/mol. The molecule has 0 spiro atoms. The van der Waals surface area contributed by atoms with Crippen LogP contribution in [0.15, 0.2) is 73.1 Å². The highest BCUT2D eigenvalue weighted by atomic mass is 16.6. The standard InChI is InChI=1S/C23H18N4O3/c1-29-23(28)20-14-27(18-10-4-5-11-19(18)30-20)22-16-8-2-3-9-17(16)25-21(26-22)15-7-6-12-24-13-15/h2-13,20H,14H2,1H3/t20-/m1/s1. The van der Waals surface area contributed by atoms with Crippen molar-refractivity contribution in [2.45, 2.75) is 6.10 Å². The lowest BCUT2D eigenvalue weighted by atomic mass is 10.1. The molecule has 5 rings (SSSR count). The molecular formula is C23H18N4O3. The maximum Gasteiger partial charge on any atom is 0.348 e. The van der Waals surface area contributed by atoms with E-state index in [9.17, 15) is 4.79 Å². The summed E-state index contributed by atoms with van der Waals surface area (Å²) in [5, 5.41) is 0.880. The van der Waals surface area contributed by atoms with Gasteiger partial charge in [0.2, 0.25) is 6.10 Å². The minimum atomic E-state index is -0.763. The average molecular weight is 398 g/mol. The zero-order valence-electron chi connectivity index (χ0n) is 16.2. The van der Waals surface area contributed by atoms with Crippen LogP contribution in [0.25, 0.3) is 22.3 Å². The summed E-state index contributed by atoms with van der Waals surface area (Å²) in [4.78, 5) is 28.1. The number of esters is 1. The lowest BCUT2D eigenvalue weighted by Gasteiger charge is -2.34. The molecule has 0 saturated carbocycles. The van der Waals surface area contributed by atoms with E-state index in [2.05, 4.69) is 4.98 Å². The van der Waals surface area contributed by atoms with Gasteiger partial charge in [-0.15, -0.1) is 0 Å². The summed E-state index contributed by atoms with van der Waals surface area (Å²) in [5.74, 6) is 1.43. The van der Waals surface area contributed by atoms with Gasteiger partial charge in [0.15, 0.2) is 5.82 Å². The minimum absolute atomic E-state index is 0.275. The highest BCUT2D eigenvalue weighted by molar-refractivity contribution is 5.94. The van der Waals surface area contributed by atoms with Gasteiger partial charge in [0, 0.05) is 23.3 Å². The summed E-state index contributed by atoms with van der Waals surface area (Å²) in [7, 11) is 1.36. The number of nitrogens with zero attached hydrogens (tertiary/aromatic N) is 4. The number of hydrogen-bond acceptors (Lipinski definition) is 7. The Morgan fingerprint density at radius 2 is 1.90 bits per heavy atom. The van der Waals surface area contributed by atoms with E-state index in [1.54, 1.807) is 12.4 Å². The molecule has 148 valence electrons. The number of rotatable bonds is 3. The van der Waals surface area contributed by atoms with E-state index in [0.717, 1.165) is 22.2 Å². The van der Waals surface area contributed by atoms with Crippen molar-refractivity contribution in [1.29, 1.82) is 0 Å². The number of pyridine rings is 1. The van der Waals surface area contributed by atoms with Gasteiger partial charge in [0.05, 0.1) is 24.9 Å². The zero-order chi connectivity index (χ0) is 20.5. The van der Waals surface area contributed by atoms with Crippen LogP contribution in [-0.2, 0) is 9.53 Å². The number of anilines is 2. The van der Waals surface area contributed by atoms with Crippen molar-refractivity contribution >= 4 is 28.4 Å². The van der Waals surface area contributed by atoms with Gasteiger partial charge in [-0.05, 0) is 36.4 Å². The Balaban J connectivity index is 1.72. The van der Waals surface area contributed by atoms with Gasteiger partial charge in [-0.25, -0.2) is 14.8 Å². The third kappa shape index (κ3) is 3.10. The zero-order valence-corrected chi connectivity index (χ0v) is 16.2. The number of hydrogen-bond donors (Lipinski definition) is 0. The topological polar surface area (TPSA) is 77.4 Å². The highest BCUT2D eigenvalue weighted by Gasteiger charge is 2.33. The molecule has 2 aromatic heterocycles. The van der Waals surface area contributed by atoms with Gasteiger partial charge in [0.25, 0.3) is 0 Å². The lowest BCUT2D eigenvalue weighted by Crippen LogP contribution is -2.43. The third-order valence-corrected chi connectivity index (χ3v) is 5.00. The van der Waals surface area contributed by atoms with Crippen LogP contribution in [-0.4, -0.2) is 40.7 Å². The first-order valence-corrected chi connectivity index (χ1v) is 9.53. The minimum Gasteiger partial charge on any atom is -0.475 e. The quantitative estimate of drug-likeness (QED) is 0.486. The molecule has 0 saturated heterocycles. The van der Waals surface area contributed by atoms with E-state index in [1.165, 1.54) is 7.11 Å². The number of methoxy groups -OCH3 is 1. The molecule has 0 bridgehead atoms. The van der Waals surface area contributed by atoms with Crippen LogP contribution < -0.4 is 9.64 Å². The Labute approximate surface area is 172 Å². The summed E-state index contributed by atoms with van der Waals surface area (Å²) >= 11 is 0. The molecule has 1 aliphatic rings. The van der Waals surface area contributed by atoms with Crippen LogP contribution in [0.1, 0.15) is 0 Å². The molecule has 0 radical (unpaired) electrons. The summed E-state index contributed by atoms with van der Waals surface area (Å²) in [5.41, 5.74) is 2.45. The molecule has 7 nitrogen and oxygen atoms in total. The molecule has 0 fully saturated rings. The molecule has 0 N–H and O–H groups in total. The number of aromatic nitrogens is 3. The molecule has 3 heterocycles. The molecule has 30 heavy (non-hydrogen) atoms. The number of para-hydroxylation sites is 3. The summed E-state index contributed by atoms with van der Waals surface area (Å²) in [6.07, 6.45) is 2.68. The largest absolute Gasteiger partial charge is 0.475 e. The second-order valence-electron chi connectivity index (χ2n) is 6.84. The first kappa shape index (κ1) is 18.1. The molecule has 0 unspecified atom stereocenters. The van der Waals surface area contributed by atoms with Gasteiger partial charge in [-0.3, -0.25) is 4.98 Å². The van der Waals surface area contributed by atoms with Crippen LogP contribution in [0.2, 0.25) is 0 Å². The Kier molecular flexibility index (Phi) is 4.48. The molecule has 0 aliphatic carbocycles. The Morgan fingerprint density at radius 3 is 2.73 bits per heavy atom. The molecule has 0 amide bonds. The fourth-order valence-corrected chi connectivity index (χ4v) is 3.58. The third-order valence-electron chi connectivity index (χ3n) is 5.00. The van der Waals surface area contributed by atoms with E-state index in [4.69, 9.17) is 19.4 Å². The summed E-state index contributed by atoms with van der Waals surface area (Å²) < 4.78 is 10.8. The van der Waals surface area contributed by atoms with E-state index in [0.29, 0.717) is 17.4 Å². The second kappa shape index (κ2) is 7.44. The predicted molar refractivity (Wildman–Crippen MR) is 113 cm³/mol. The van der Waals surface area contributed by atoms with Crippen LogP contribution in [0.5, 0.6) is 5.75 Å². The van der Waals surface area contributed by atoms with Crippen LogP contribution >= 0.6 is 0 Å². The van der Waals surface area contributed by atoms with Crippen molar-refractivity contribution in [1.82, 2.24) is 15.0 Å². The number of carbonyl (C=O) groups is 1. The van der Waals surface area contributed by atoms with Crippen LogP contribution in [0, 0.1) is 0 Å². The monoisotopic (exact) mass is 398 g/mol. The number of ether oxygens (including phenoxy) is 2. The smallest absolute Gasteiger partial charge is 0.348 e. The molecule has 1 atom stereocenters. The fraction of sp³-hybridized carbons (Fsp3) is 0.130. The van der Waals surface area contributed by atoms with Crippen molar-refractivity contribution < 1.29 is 14.3 Å². The van der Waals surface area contributed by atoms with Crippen molar-refractivity contribution in [3.05, 3.63) is 73.1 Å². The maximum absolute atomic E-state index is 12.3. The normalized spacial score (nSPS) is 15.4. The second-order valence-corrected chi connectivity index (χ2v) is 6.84. The van der Waals surface area contributed by atoms with Gasteiger partial charge >= 0.3 is 5.97 Å². The Hall–Kier alpha value is -4.00. The first-order chi connectivity index (χ1) is 14.7. The Bertz CT molecular complexity index is 1230. The Morgan fingerprint density at radius 1 is 1.07 bits per heavy atom. The highest BCUT2D eigenvalue weighted by Crippen LogP contribution is 2.40. The average Bonchev–Trinajstić information content (AvgIpc) is 2.82. The summed E-state index contributed by atoms with van der Waals surface area (Å²) in [6, 6.07) is 19.2. The number of fused-ring (bicyclic) bond motifs is 2. The van der Waals surface area contributed by atoms with Crippen molar-refractivity contribution in [3.63, 3.8) is 0 Å². The van der Waals surface area contributed by atoms with Crippen molar-refractivity contribution in [2.75, 3.05) is 18.6 Å². The lowest BCUT2D eigenvalue weighted by molar-refractivity contribution is -0.148. The van der Waals surface area contributed by atoms with Gasteiger partial charge < -0.3 is 14.4 Å². The predicted octanol–water partition coefficient (Wildman–Crippen LogP) is 3.76. The van der Waals surface area contributed by atoms with E-state index < -0.39 is 12.1 Å². The molecule has 1 aliphatic heterocycles. The summed E-state index contributed by atoms with van der Waals surface area (Å²) in [6.45, 7) is 0.275. The van der Waals surface area contributed by atoms with Crippen LogP contribution in [0.4, 0.5) is 11.5 Å². The molecule has 2 aromatic carbocycles. The van der Waals surface area contributed by atoms with Crippen LogP contribution in [0.3, 0.4) is 0 Å². The van der Waals surface area contributed by atoms with Gasteiger partial charge in [-0.2, -0.15) is 0 Å². The fourth-order valence-electron chi connectivity index (χ4n) is 3.58. The van der Waals surface area contributed by atoms with Crippen molar-refractivity contribution in [2.24, 2.45) is 0 Å². The first-order valence-electron chi connectivity index (χ1n) is 9.53. The SMILES string of the molecule is COC(=O)[C@H]1CN(c2nc(-c3cccnc3)nc3ccccc23)c2ccccc2O1. The molecule has 7 heteroatoms.